The lowest BCUT2D eigenvalue weighted by Crippen LogP contribution is -2.40. The van der Waals surface area contributed by atoms with Crippen molar-refractivity contribution in [2.24, 2.45) is 11.8 Å². The Bertz CT molecular complexity index is 412. The van der Waals surface area contributed by atoms with Crippen molar-refractivity contribution in [2.45, 2.75) is 13.3 Å². The summed E-state index contributed by atoms with van der Waals surface area (Å²) in [5, 5.41) is 3.48. The van der Waals surface area contributed by atoms with E-state index in [1.807, 2.05) is 13.0 Å². The van der Waals surface area contributed by atoms with E-state index in [9.17, 15) is 0 Å². The van der Waals surface area contributed by atoms with Crippen molar-refractivity contribution in [1.29, 1.82) is 0 Å². The van der Waals surface area contributed by atoms with Crippen LogP contribution in [0.4, 0.5) is 5.82 Å². The van der Waals surface area contributed by atoms with E-state index in [1.165, 1.54) is 13.0 Å². The summed E-state index contributed by atoms with van der Waals surface area (Å²) in [5.74, 6) is 3.30. The number of piperidine rings is 1. The van der Waals surface area contributed by atoms with Gasteiger partial charge in [0.25, 0.3) is 0 Å². The maximum Gasteiger partial charge on any atom is 0.218 e. The Balaban J connectivity index is 1.72. The van der Waals surface area contributed by atoms with Gasteiger partial charge in [-0.15, -0.1) is 0 Å². The third-order valence-corrected chi connectivity index (χ3v) is 3.95. The van der Waals surface area contributed by atoms with Gasteiger partial charge in [-0.3, -0.25) is 0 Å². The Kier molecular flexibility index (Phi) is 3.32. The standard InChI is InChI=1S/C13H20N4O/c1-2-18-13-5-12(15-9-16-13)17-4-3-10-6-14-7-11(10)8-17/h5,9-11,14H,2-4,6-8H2,1H3. The number of fused-ring (bicyclic) bond motifs is 1. The van der Waals surface area contributed by atoms with Gasteiger partial charge in [0.2, 0.25) is 5.88 Å². The molecule has 2 aliphatic heterocycles. The van der Waals surface area contributed by atoms with Crippen molar-refractivity contribution in [3.8, 4) is 5.88 Å². The second-order valence-electron chi connectivity index (χ2n) is 5.06. The van der Waals surface area contributed by atoms with E-state index >= 15 is 0 Å². The summed E-state index contributed by atoms with van der Waals surface area (Å²) in [5.41, 5.74) is 0. The van der Waals surface area contributed by atoms with Gasteiger partial charge >= 0.3 is 0 Å². The summed E-state index contributed by atoms with van der Waals surface area (Å²) in [6, 6.07) is 1.95. The predicted octanol–water partition coefficient (Wildman–Crippen LogP) is 0.921. The minimum absolute atomic E-state index is 0.644. The van der Waals surface area contributed by atoms with Gasteiger partial charge in [0.05, 0.1) is 6.61 Å². The lowest BCUT2D eigenvalue weighted by Gasteiger charge is -2.35. The normalized spacial score (nSPS) is 27.1. The minimum atomic E-state index is 0.644. The van der Waals surface area contributed by atoms with Crippen LogP contribution in [0.2, 0.25) is 0 Å². The smallest absolute Gasteiger partial charge is 0.218 e. The molecule has 2 unspecified atom stereocenters. The second-order valence-corrected chi connectivity index (χ2v) is 5.06. The van der Waals surface area contributed by atoms with Crippen molar-refractivity contribution in [1.82, 2.24) is 15.3 Å². The van der Waals surface area contributed by atoms with Gasteiger partial charge in [-0.2, -0.15) is 0 Å². The van der Waals surface area contributed by atoms with E-state index in [-0.39, 0.29) is 0 Å². The maximum absolute atomic E-state index is 5.43. The third kappa shape index (κ3) is 2.27. The number of hydrogen-bond donors (Lipinski definition) is 1. The van der Waals surface area contributed by atoms with Crippen molar-refractivity contribution in [2.75, 3.05) is 37.7 Å². The number of rotatable bonds is 3. The fraction of sp³-hybridized carbons (Fsp3) is 0.692. The van der Waals surface area contributed by atoms with Crippen LogP contribution >= 0.6 is 0 Å². The molecule has 5 heteroatoms. The lowest BCUT2D eigenvalue weighted by atomic mass is 9.89. The van der Waals surface area contributed by atoms with Crippen LogP contribution in [0.3, 0.4) is 0 Å². The molecule has 0 spiro atoms. The first-order valence-electron chi connectivity index (χ1n) is 6.77. The summed E-state index contributed by atoms with van der Waals surface area (Å²) in [6.45, 7) is 7.13. The zero-order valence-electron chi connectivity index (χ0n) is 10.8. The van der Waals surface area contributed by atoms with Crippen LogP contribution in [0.1, 0.15) is 13.3 Å². The Morgan fingerprint density at radius 3 is 3.17 bits per heavy atom. The molecule has 98 valence electrons. The first kappa shape index (κ1) is 11.7. The Labute approximate surface area is 108 Å². The van der Waals surface area contributed by atoms with Crippen LogP contribution < -0.4 is 15.0 Å². The molecule has 2 saturated heterocycles. The van der Waals surface area contributed by atoms with Gasteiger partial charge in [-0.1, -0.05) is 0 Å². The maximum atomic E-state index is 5.43. The van der Waals surface area contributed by atoms with Gasteiger partial charge < -0.3 is 15.0 Å². The van der Waals surface area contributed by atoms with Crippen LogP contribution in [0.15, 0.2) is 12.4 Å². The molecule has 2 atom stereocenters. The molecule has 18 heavy (non-hydrogen) atoms. The molecule has 1 aromatic heterocycles. The average molecular weight is 248 g/mol. The summed E-state index contributed by atoms with van der Waals surface area (Å²) >= 11 is 0. The first-order chi connectivity index (χ1) is 8.86. The summed E-state index contributed by atoms with van der Waals surface area (Å²) in [6.07, 6.45) is 2.85. The Morgan fingerprint density at radius 1 is 1.39 bits per heavy atom. The van der Waals surface area contributed by atoms with E-state index < -0.39 is 0 Å². The van der Waals surface area contributed by atoms with Crippen LogP contribution in [-0.4, -0.2) is 42.8 Å². The van der Waals surface area contributed by atoms with Gasteiger partial charge in [-0.25, -0.2) is 9.97 Å². The van der Waals surface area contributed by atoms with Gasteiger partial charge in [0, 0.05) is 19.2 Å². The van der Waals surface area contributed by atoms with Crippen molar-refractivity contribution in [3.63, 3.8) is 0 Å². The van der Waals surface area contributed by atoms with Gasteiger partial charge in [0.15, 0.2) is 0 Å². The quantitative estimate of drug-likeness (QED) is 0.862. The van der Waals surface area contributed by atoms with Crippen LogP contribution in [0, 0.1) is 11.8 Å². The van der Waals surface area contributed by atoms with E-state index in [4.69, 9.17) is 4.74 Å². The van der Waals surface area contributed by atoms with Crippen molar-refractivity contribution >= 4 is 5.82 Å². The SMILES string of the molecule is CCOc1cc(N2CCC3CNCC3C2)ncn1. The van der Waals surface area contributed by atoms with Crippen molar-refractivity contribution in [3.05, 3.63) is 12.4 Å². The summed E-state index contributed by atoms with van der Waals surface area (Å²) in [4.78, 5) is 10.9. The highest BCUT2D eigenvalue weighted by Crippen LogP contribution is 2.29. The Morgan fingerprint density at radius 2 is 2.28 bits per heavy atom. The van der Waals surface area contributed by atoms with Gasteiger partial charge in [-0.05, 0) is 38.3 Å². The first-order valence-corrected chi connectivity index (χ1v) is 6.77. The molecule has 0 bridgehead atoms. The number of hydrogen-bond acceptors (Lipinski definition) is 5. The second kappa shape index (κ2) is 5.10. The number of aromatic nitrogens is 2. The molecular weight excluding hydrogens is 228 g/mol. The molecular formula is C13H20N4O. The number of ether oxygens (including phenoxy) is 1. The van der Waals surface area contributed by atoms with Crippen molar-refractivity contribution < 1.29 is 4.74 Å². The largest absolute Gasteiger partial charge is 0.478 e. The molecule has 2 fully saturated rings. The Hall–Kier alpha value is -1.36. The molecule has 1 N–H and O–H groups in total. The average Bonchev–Trinajstić information content (AvgIpc) is 2.86. The fourth-order valence-corrected chi connectivity index (χ4v) is 2.97. The monoisotopic (exact) mass is 248 g/mol. The molecule has 3 rings (SSSR count). The van der Waals surface area contributed by atoms with Gasteiger partial charge in [0.1, 0.15) is 12.1 Å². The predicted molar refractivity (Wildman–Crippen MR) is 69.9 cm³/mol. The zero-order valence-corrected chi connectivity index (χ0v) is 10.8. The molecule has 2 aliphatic rings. The lowest BCUT2D eigenvalue weighted by molar-refractivity contribution is 0.324. The van der Waals surface area contributed by atoms with Crippen LogP contribution in [0.5, 0.6) is 5.88 Å². The third-order valence-electron chi connectivity index (χ3n) is 3.95. The molecule has 3 heterocycles. The molecule has 0 aliphatic carbocycles. The minimum Gasteiger partial charge on any atom is -0.478 e. The van der Waals surface area contributed by atoms with Crippen LogP contribution in [0.25, 0.3) is 0 Å². The number of nitrogens with zero attached hydrogens (tertiary/aromatic N) is 3. The highest BCUT2D eigenvalue weighted by molar-refractivity contribution is 5.41. The number of anilines is 1. The summed E-state index contributed by atoms with van der Waals surface area (Å²) in [7, 11) is 0. The fourth-order valence-electron chi connectivity index (χ4n) is 2.97. The highest BCUT2D eigenvalue weighted by atomic mass is 16.5. The van der Waals surface area contributed by atoms with E-state index in [2.05, 4.69) is 20.2 Å². The van der Waals surface area contributed by atoms with E-state index in [1.54, 1.807) is 6.33 Å². The molecule has 5 nitrogen and oxygen atoms in total. The summed E-state index contributed by atoms with van der Waals surface area (Å²) < 4.78 is 5.43. The zero-order chi connectivity index (χ0) is 12.4. The molecule has 1 aromatic rings. The highest BCUT2D eigenvalue weighted by Gasteiger charge is 2.33. The number of nitrogens with one attached hydrogen (secondary N) is 1. The molecule has 0 aromatic carbocycles. The molecule has 0 radical (unpaired) electrons. The van der Waals surface area contributed by atoms with E-state index in [0.717, 1.165) is 37.3 Å². The van der Waals surface area contributed by atoms with Crippen LogP contribution in [-0.2, 0) is 0 Å². The van der Waals surface area contributed by atoms with E-state index in [0.29, 0.717) is 12.5 Å². The molecule has 0 saturated carbocycles. The topological polar surface area (TPSA) is 50.3 Å². The molecule has 0 amide bonds.